The quantitative estimate of drug-likeness (QED) is 0.421. The summed E-state index contributed by atoms with van der Waals surface area (Å²) in [6.45, 7) is 0.274. The maximum atomic E-state index is 14.9. The largest absolute Gasteiger partial charge is 0.477 e. The van der Waals surface area contributed by atoms with Crippen LogP contribution in [0.25, 0.3) is 27.8 Å². The van der Waals surface area contributed by atoms with Crippen molar-refractivity contribution in [3.63, 3.8) is 0 Å². The minimum atomic E-state index is -1.50. The van der Waals surface area contributed by atoms with Crippen LogP contribution in [0.2, 0.25) is 0 Å². The van der Waals surface area contributed by atoms with Gasteiger partial charge in [0.05, 0.1) is 18.7 Å². The number of pyridine rings is 3. The predicted octanol–water partition coefficient (Wildman–Crippen LogP) is 3.08. The van der Waals surface area contributed by atoms with E-state index in [1.165, 1.54) is 6.07 Å². The second-order valence-electron chi connectivity index (χ2n) is 7.67. The molecule has 5 rings (SSSR count). The summed E-state index contributed by atoms with van der Waals surface area (Å²) < 4.78 is 35.6. The Morgan fingerprint density at radius 2 is 2.00 bits per heavy atom. The number of hydrogen-bond donors (Lipinski definition) is 3. The number of carboxylic acid groups (broad SMARTS) is 1. The Morgan fingerprint density at radius 1 is 1.21 bits per heavy atom. The maximum absolute atomic E-state index is 14.9. The minimum absolute atomic E-state index is 0.00889. The number of fused-ring (bicyclic) bond motifs is 5. The van der Waals surface area contributed by atoms with Crippen LogP contribution in [-0.2, 0) is 18.0 Å². The van der Waals surface area contributed by atoms with E-state index in [1.54, 1.807) is 19.3 Å². The molecule has 1 aromatic carbocycles. The molecule has 172 valence electrons. The average molecular weight is 465 g/mol. The second kappa shape index (κ2) is 7.89. The zero-order valence-electron chi connectivity index (χ0n) is 17.7. The van der Waals surface area contributed by atoms with E-state index in [0.717, 1.165) is 21.9 Å². The minimum Gasteiger partial charge on any atom is -0.477 e. The summed E-state index contributed by atoms with van der Waals surface area (Å²) in [7, 11) is 1.74. The molecular weight excluding hydrogens is 448 g/mol. The van der Waals surface area contributed by atoms with Gasteiger partial charge >= 0.3 is 5.97 Å². The molecule has 0 unspecified atom stereocenters. The SMILES string of the molecule is CNc1cc2c(cn1)-c1ccc3c(=O)c(C(=O)O)cn(-c4nc(N)c(F)cc4F)c3c1COC2. The molecule has 3 aromatic heterocycles. The Balaban J connectivity index is 1.92. The number of rotatable bonds is 3. The Bertz CT molecular complexity index is 1570. The first kappa shape index (κ1) is 21.5. The third kappa shape index (κ3) is 3.25. The molecule has 0 amide bonds. The van der Waals surface area contributed by atoms with Gasteiger partial charge in [-0.15, -0.1) is 0 Å². The van der Waals surface area contributed by atoms with E-state index in [9.17, 15) is 23.5 Å². The molecule has 0 radical (unpaired) electrons. The van der Waals surface area contributed by atoms with Crippen molar-refractivity contribution in [3.8, 4) is 16.9 Å². The summed E-state index contributed by atoms with van der Waals surface area (Å²) >= 11 is 0. The summed E-state index contributed by atoms with van der Waals surface area (Å²) in [4.78, 5) is 32.9. The lowest BCUT2D eigenvalue weighted by molar-refractivity contribution is 0.0695. The van der Waals surface area contributed by atoms with Gasteiger partial charge in [-0.3, -0.25) is 9.36 Å². The van der Waals surface area contributed by atoms with Crippen molar-refractivity contribution in [2.45, 2.75) is 13.2 Å². The molecule has 0 saturated carbocycles. The number of nitrogens with two attached hydrogens (primary N) is 1. The lowest BCUT2D eigenvalue weighted by atomic mass is 9.95. The van der Waals surface area contributed by atoms with Crippen LogP contribution in [0.4, 0.5) is 20.4 Å². The Morgan fingerprint density at radius 3 is 2.74 bits per heavy atom. The van der Waals surface area contributed by atoms with Crippen LogP contribution < -0.4 is 16.5 Å². The van der Waals surface area contributed by atoms with E-state index in [0.29, 0.717) is 23.0 Å². The number of benzene rings is 1. The second-order valence-corrected chi connectivity index (χ2v) is 7.67. The average Bonchev–Trinajstić information content (AvgIpc) is 3.00. The first-order valence-corrected chi connectivity index (χ1v) is 10.1. The lowest BCUT2D eigenvalue weighted by Gasteiger charge is -2.18. The first-order valence-electron chi connectivity index (χ1n) is 10.1. The fourth-order valence-corrected chi connectivity index (χ4v) is 4.11. The smallest absolute Gasteiger partial charge is 0.341 e. The highest BCUT2D eigenvalue weighted by atomic mass is 19.1. The van der Waals surface area contributed by atoms with Crippen molar-refractivity contribution in [2.24, 2.45) is 0 Å². The van der Waals surface area contributed by atoms with Gasteiger partial charge in [-0.05, 0) is 23.3 Å². The number of aromatic nitrogens is 3. The summed E-state index contributed by atoms with van der Waals surface area (Å²) in [6, 6.07) is 5.52. The van der Waals surface area contributed by atoms with E-state index in [2.05, 4.69) is 15.3 Å². The molecule has 0 spiro atoms. The van der Waals surface area contributed by atoms with Crippen LogP contribution in [0.3, 0.4) is 0 Å². The molecule has 0 aliphatic carbocycles. The van der Waals surface area contributed by atoms with Crippen molar-refractivity contribution < 1.29 is 23.4 Å². The summed E-state index contributed by atoms with van der Waals surface area (Å²) in [5, 5.41) is 12.5. The van der Waals surface area contributed by atoms with E-state index in [1.807, 2.05) is 6.07 Å². The van der Waals surface area contributed by atoms with Gasteiger partial charge < -0.3 is 20.9 Å². The van der Waals surface area contributed by atoms with Crippen LogP contribution in [-0.4, -0.2) is 32.7 Å². The third-order valence-corrected chi connectivity index (χ3v) is 5.71. The van der Waals surface area contributed by atoms with Crippen molar-refractivity contribution in [1.29, 1.82) is 0 Å². The number of halogens is 2. The molecule has 34 heavy (non-hydrogen) atoms. The zero-order chi connectivity index (χ0) is 24.1. The van der Waals surface area contributed by atoms with Crippen molar-refractivity contribution in [3.05, 3.63) is 75.2 Å². The topological polar surface area (TPSA) is 132 Å². The van der Waals surface area contributed by atoms with Crippen molar-refractivity contribution in [1.82, 2.24) is 14.5 Å². The Labute approximate surface area is 190 Å². The van der Waals surface area contributed by atoms with Crippen LogP contribution in [0.15, 0.2) is 41.5 Å². The molecule has 4 heterocycles. The number of carboxylic acids is 1. The Hall–Kier alpha value is -4.38. The van der Waals surface area contributed by atoms with E-state index in [-0.39, 0.29) is 24.1 Å². The van der Waals surface area contributed by atoms with Crippen LogP contribution >= 0.6 is 0 Å². The molecule has 0 saturated heterocycles. The van der Waals surface area contributed by atoms with Gasteiger partial charge in [0, 0.05) is 42.0 Å². The molecular formula is C23H17F2N5O4. The summed E-state index contributed by atoms with van der Waals surface area (Å²) in [5.41, 5.74) is 7.12. The van der Waals surface area contributed by atoms with Gasteiger partial charge in [-0.1, -0.05) is 6.07 Å². The van der Waals surface area contributed by atoms with Gasteiger partial charge in [0.2, 0.25) is 5.43 Å². The number of nitrogens with zero attached hydrogens (tertiary/aromatic N) is 3. The first-order chi connectivity index (χ1) is 16.3. The third-order valence-electron chi connectivity index (χ3n) is 5.71. The fourth-order valence-electron chi connectivity index (χ4n) is 4.11. The molecule has 9 nitrogen and oxygen atoms in total. The van der Waals surface area contributed by atoms with Crippen molar-refractivity contribution in [2.75, 3.05) is 18.1 Å². The molecule has 11 heteroatoms. The molecule has 0 bridgehead atoms. The van der Waals surface area contributed by atoms with Gasteiger partial charge in [0.15, 0.2) is 23.3 Å². The van der Waals surface area contributed by atoms with Crippen LogP contribution in [0.1, 0.15) is 21.5 Å². The number of anilines is 2. The normalized spacial score (nSPS) is 12.7. The van der Waals surface area contributed by atoms with Gasteiger partial charge in [0.25, 0.3) is 0 Å². The van der Waals surface area contributed by atoms with E-state index < -0.39 is 40.2 Å². The lowest BCUT2D eigenvalue weighted by Crippen LogP contribution is -2.20. The van der Waals surface area contributed by atoms with Crippen molar-refractivity contribution >= 4 is 28.5 Å². The highest BCUT2D eigenvalue weighted by molar-refractivity contribution is 5.96. The van der Waals surface area contributed by atoms with Gasteiger partial charge in [-0.25, -0.2) is 23.5 Å². The number of hydrogen-bond acceptors (Lipinski definition) is 7. The standard InChI is InChI=1S/C23H17F2N5O4/c1-27-18-4-10-8-34-9-15-11(13(10)6-28-18)2-3-12-19(15)30(7-14(20(12)31)23(32)33)22-17(25)5-16(24)21(26)29-22/h2-7H,8-9H2,1H3,(H2,26,29)(H,27,28)(H,32,33). The van der Waals surface area contributed by atoms with E-state index in [4.69, 9.17) is 10.5 Å². The Kier molecular flexibility index (Phi) is 4.98. The molecule has 4 N–H and O–H groups in total. The number of carbonyl (C=O) groups is 1. The van der Waals surface area contributed by atoms with E-state index >= 15 is 0 Å². The maximum Gasteiger partial charge on any atom is 0.341 e. The zero-order valence-corrected chi connectivity index (χ0v) is 17.7. The highest BCUT2D eigenvalue weighted by Crippen LogP contribution is 2.36. The van der Waals surface area contributed by atoms with Gasteiger partial charge in [-0.2, -0.15) is 0 Å². The fraction of sp³-hybridized carbons (Fsp3) is 0.130. The molecule has 0 atom stereocenters. The monoisotopic (exact) mass is 465 g/mol. The van der Waals surface area contributed by atoms with Gasteiger partial charge in [0.1, 0.15) is 11.4 Å². The highest BCUT2D eigenvalue weighted by Gasteiger charge is 2.25. The number of nitrogen functional groups attached to an aromatic ring is 1. The molecule has 4 aromatic rings. The predicted molar refractivity (Wildman–Crippen MR) is 120 cm³/mol. The van der Waals surface area contributed by atoms with Crippen LogP contribution in [0.5, 0.6) is 0 Å². The molecule has 1 aliphatic heterocycles. The summed E-state index contributed by atoms with van der Waals surface area (Å²) in [5.74, 6) is -4.03. The van der Waals surface area contributed by atoms with Crippen LogP contribution in [0, 0.1) is 11.6 Å². The number of nitrogens with one attached hydrogen (secondary N) is 1. The molecule has 0 fully saturated rings. The number of ether oxygens (including phenoxy) is 1. The molecule has 1 aliphatic rings. The summed E-state index contributed by atoms with van der Waals surface area (Å²) in [6.07, 6.45) is 2.62. The number of aromatic carboxylic acids is 1.